The number of nitrogens with zero attached hydrogens (tertiary/aromatic N) is 1. The molecule has 1 aliphatic carbocycles. The van der Waals surface area contributed by atoms with Crippen LogP contribution in [0.2, 0.25) is 0 Å². The van der Waals surface area contributed by atoms with Crippen LogP contribution in [0.4, 0.5) is 0 Å². The summed E-state index contributed by atoms with van der Waals surface area (Å²) in [4.78, 5) is 27.9. The highest BCUT2D eigenvalue weighted by atomic mass is 32.1. The van der Waals surface area contributed by atoms with E-state index in [1.165, 1.54) is 11.1 Å². The fraction of sp³-hybridized carbons (Fsp3) is 0.500. The van der Waals surface area contributed by atoms with E-state index in [0.29, 0.717) is 19.5 Å². The largest absolute Gasteiger partial charge is 0.353 e. The van der Waals surface area contributed by atoms with E-state index in [1.54, 1.807) is 11.3 Å². The van der Waals surface area contributed by atoms with E-state index in [4.69, 9.17) is 0 Å². The van der Waals surface area contributed by atoms with Crippen molar-refractivity contribution in [3.63, 3.8) is 0 Å². The number of carbonyl (C=O) groups excluding carboxylic acids is 2. The van der Waals surface area contributed by atoms with Crippen molar-refractivity contribution in [1.29, 1.82) is 0 Å². The summed E-state index contributed by atoms with van der Waals surface area (Å²) in [6.07, 6.45) is 4.56. The average Bonchev–Trinajstić information content (AvgIpc) is 3.31. The van der Waals surface area contributed by atoms with Gasteiger partial charge in [0.15, 0.2) is 0 Å². The van der Waals surface area contributed by atoms with Gasteiger partial charge in [-0.1, -0.05) is 30.7 Å². The summed E-state index contributed by atoms with van der Waals surface area (Å²) in [5.41, 5.74) is 3.05. The molecular weight excluding hydrogens is 380 g/mol. The number of thiophene rings is 1. The number of amides is 2. The first-order valence-corrected chi connectivity index (χ1v) is 11.6. The summed E-state index contributed by atoms with van der Waals surface area (Å²) >= 11 is 1.70. The van der Waals surface area contributed by atoms with E-state index in [1.807, 2.05) is 18.7 Å². The van der Waals surface area contributed by atoms with Crippen molar-refractivity contribution in [2.24, 2.45) is 11.3 Å². The summed E-state index contributed by atoms with van der Waals surface area (Å²) < 4.78 is 0. The van der Waals surface area contributed by atoms with E-state index < -0.39 is 5.41 Å². The second-order valence-corrected chi connectivity index (χ2v) is 9.71. The summed E-state index contributed by atoms with van der Waals surface area (Å²) in [7, 11) is 0. The SMILES string of the molecule is CC(C)NC(=O)C1(Cc2ccc(-c3ccsc3)cc2)CCN(C(=O)C2CCC2)C1. The Morgan fingerprint density at radius 3 is 2.52 bits per heavy atom. The van der Waals surface area contributed by atoms with Gasteiger partial charge < -0.3 is 10.2 Å². The van der Waals surface area contributed by atoms with Gasteiger partial charge in [-0.25, -0.2) is 0 Å². The molecule has 2 fully saturated rings. The minimum absolute atomic E-state index is 0.0818. The number of rotatable bonds is 6. The van der Waals surface area contributed by atoms with Crippen LogP contribution in [0.25, 0.3) is 11.1 Å². The molecule has 1 saturated heterocycles. The Balaban J connectivity index is 1.53. The highest BCUT2D eigenvalue weighted by Gasteiger charge is 2.47. The first-order valence-electron chi connectivity index (χ1n) is 10.7. The summed E-state index contributed by atoms with van der Waals surface area (Å²) in [6.45, 7) is 5.21. The van der Waals surface area contributed by atoms with Crippen molar-refractivity contribution in [2.75, 3.05) is 13.1 Å². The zero-order valence-electron chi connectivity index (χ0n) is 17.3. The topological polar surface area (TPSA) is 49.4 Å². The van der Waals surface area contributed by atoms with Gasteiger partial charge in [0.1, 0.15) is 0 Å². The van der Waals surface area contributed by atoms with Gasteiger partial charge in [0.05, 0.1) is 5.41 Å². The molecule has 1 unspecified atom stereocenters. The number of hydrogen-bond donors (Lipinski definition) is 1. The van der Waals surface area contributed by atoms with E-state index in [2.05, 4.69) is 46.4 Å². The quantitative estimate of drug-likeness (QED) is 0.762. The van der Waals surface area contributed by atoms with Crippen molar-refractivity contribution >= 4 is 23.2 Å². The highest BCUT2D eigenvalue weighted by molar-refractivity contribution is 7.08. The lowest BCUT2D eigenvalue weighted by Gasteiger charge is -2.32. The van der Waals surface area contributed by atoms with E-state index in [-0.39, 0.29) is 23.8 Å². The molecule has 1 aromatic heterocycles. The van der Waals surface area contributed by atoms with Crippen LogP contribution in [0, 0.1) is 11.3 Å². The number of nitrogens with one attached hydrogen (secondary N) is 1. The van der Waals surface area contributed by atoms with Gasteiger partial charge in [0.2, 0.25) is 11.8 Å². The Labute approximate surface area is 177 Å². The van der Waals surface area contributed by atoms with Crippen molar-refractivity contribution in [1.82, 2.24) is 10.2 Å². The standard InChI is InChI=1S/C24H30N2O2S/c1-17(2)25-23(28)24(11-12-26(16-24)22(27)20-4-3-5-20)14-18-6-8-19(9-7-18)21-10-13-29-15-21/h6-10,13,15,17,20H,3-5,11-12,14,16H2,1-2H3,(H,25,28). The molecule has 0 bridgehead atoms. The van der Waals surface area contributed by atoms with Crippen LogP contribution in [0.15, 0.2) is 41.1 Å². The lowest BCUT2D eigenvalue weighted by molar-refractivity contribution is -0.138. The molecule has 0 spiro atoms. The molecule has 0 radical (unpaired) electrons. The first kappa shape index (κ1) is 20.1. The zero-order chi connectivity index (χ0) is 20.4. The van der Waals surface area contributed by atoms with Crippen molar-refractivity contribution < 1.29 is 9.59 Å². The van der Waals surface area contributed by atoms with Gasteiger partial charge in [-0.2, -0.15) is 11.3 Å². The zero-order valence-corrected chi connectivity index (χ0v) is 18.1. The maximum absolute atomic E-state index is 13.2. The molecule has 1 aliphatic heterocycles. The van der Waals surface area contributed by atoms with Crippen LogP contribution in [-0.4, -0.2) is 35.8 Å². The normalized spacial score (nSPS) is 22.0. The molecule has 2 amide bonds. The van der Waals surface area contributed by atoms with Crippen LogP contribution < -0.4 is 5.32 Å². The van der Waals surface area contributed by atoms with Crippen molar-refractivity contribution in [3.8, 4) is 11.1 Å². The van der Waals surface area contributed by atoms with Gasteiger partial charge in [-0.15, -0.1) is 0 Å². The Morgan fingerprint density at radius 2 is 1.93 bits per heavy atom. The molecule has 2 aliphatic rings. The van der Waals surface area contributed by atoms with Crippen LogP contribution in [0.1, 0.15) is 45.1 Å². The Bertz CT molecular complexity index is 856. The smallest absolute Gasteiger partial charge is 0.228 e. The Hall–Kier alpha value is -2.14. The van der Waals surface area contributed by atoms with Crippen LogP contribution >= 0.6 is 11.3 Å². The third-order valence-corrected chi connectivity index (χ3v) is 7.06. The minimum atomic E-state index is -0.534. The number of benzene rings is 1. The van der Waals surface area contributed by atoms with E-state index >= 15 is 0 Å². The van der Waals surface area contributed by atoms with E-state index in [9.17, 15) is 9.59 Å². The minimum Gasteiger partial charge on any atom is -0.353 e. The molecule has 5 heteroatoms. The Morgan fingerprint density at radius 1 is 1.17 bits per heavy atom. The molecular formula is C24H30N2O2S. The third kappa shape index (κ3) is 4.25. The Kier molecular flexibility index (Phi) is 5.77. The monoisotopic (exact) mass is 410 g/mol. The molecule has 2 aromatic rings. The predicted octanol–water partition coefficient (Wildman–Crippen LogP) is 4.50. The summed E-state index contributed by atoms with van der Waals surface area (Å²) in [5.74, 6) is 0.519. The van der Waals surface area contributed by atoms with Crippen LogP contribution in [-0.2, 0) is 16.0 Å². The number of carbonyl (C=O) groups is 2. The lowest BCUT2D eigenvalue weighted by Crippen LogP contribution is -2.48. The number of likely N-dealkylation sites (tertiary alicyclic amines) is 1. The fourth-order valence-electron chi connectivity index (χ4n) is 4.43. The number of hydrogen-bond acceptors (Lipinski definition) is 3. The second-order valence-electron chi connectivity index (χ2n) is 8.93. The van der Waals surface area contributed by atoms with Gasteiger partial charge in [-0.05, 0) is 73.0 Å². The van der Waals surface area contributed by atoms with Gasteiger partial charge >= 0.3 is 0 Å². The van der Waals surface area contributed by atoms with E-state index in [0.717, 1.165) is 31.2 Å². The lowest BCUT2D eigenvalue weighted by atomic mass is 9.79. The third-order valence-electron chi connectivity index (χ3n) is 6.37. The molecule has 2 heterocycles. The molecule has 154 valence electrons. The summed E-state index contributed by atoms with van der Waals surface area (Å²) in [6, 6.07) is 10.8. The molecule has 1 atom stereocenters. The predicted molar refractivity (Wildman–Crippen MR) is 118 cm³/mol. The maximum Gasteiger partial charge on any atom is 0.228 e. The molecule has 1 N–H and O–H groups in total. The van der Waals surface area contributed by atoms with Gasteiger partial charge in [0, 0.05) is 25.0 Å². The van der Waals surface area contributed by atoms with Crippen LogP contribution in [0.5, 0.6) is 0 Å². The maximum atomic E-state index is 13.2. The molecule has 29 heavy (non-hydrogen) atoms. The van der Waals surface area contributed by atoms with Crippen LogP contribution in [0.3, 0.4) is 0 Å². The molecule has 1 saturated carbocycles. The highest BCUT2D eigenvalue weighted by Crippen LogP contribution is 2.38. The van der Waals surface area contributed by atoms with Gasteiger partial charge in [0.25, 0.3) is 0 Å². The molecule has 1 aromatic carbocycles. The summed E-state index contributed by atoms with van der Waals surface area (Å²) in [5, 5.41) is 7.35. The van der Waals surface area contributed by atoms with Crippen molar-refractivity contribution in [2.45, 2.75) is 52.0 Å². The molecule has 4 rings (SSSR count). The van der Waals surface area contributed by atoms with Gasteiger partial charge in [-0.3, -0.25) is 9.59 Å². The first-order chi connectivity index (χ1) is 14.0. The molecule has 4 nitrogen and oxygen atoms in total. The second kappa shape index (κ2) is 8.31. The van der Waals surface area contributed by atoms with Crippen molar-refractivity contribution in [3.05, 3.63) is 46.7 Å². The fourth-order valence-corrected chi connectivity index (χ4v) is 5.10. The average molecular weight is 411 g/mol.